The second-order valence-corrected chi connectivity index (χ2v) is 9.75. The Labute approximate surface area is 215 Å². The number of rotatable bonds is 4. The number of anilines is 1. The van der Waals surface area contributed by atoms with Crippen LogP contribution in [-0.2, 0) is 0 Å². The van der Waals surface area contributed by atoms with Gasteiger partial charge in [0.1, 0.15) is 0 Å². The number of aromatic nitrogens is 2. The van der Waals surface area contributed by atoms with Crippen LogP contribution >= 0.6 is 35.4 Å². The van der Waals surface area contributed by atoms with Crippen LogP contribution in [0.4, 0.5) is 5.69 Å². The molecule has 0 bridgehead atoms. The molecule has 2 aromatic heterocycles. The van der Waals surface area contributed by atoms with Crippen molar-refractivity contribution in [1.82, 2.24) is 14.9 Å². The van der Waals surface area contributed by atoms with E-state index in [2.05, 4.69) is 52.7 Å². The quantitative estimate of drug-likeness (QED) is 0.294. The van der Waals surface area contributed by atoms with Gasteiger partial charge < -0.3 is 14.8 Å². The summed E-state index contributed by atoms with van der Waals surface area (Å²) in [5.41, 5.74) is 7.49. The Morgan fingerprint density at radius 3 is 2.41 bits per heavy atom. The lowest BCUT2D eigenvalue weighted by Crippen LogP contribution is -2.29. The number of halogens is 2. The van der Waals surface area contributed by atoms with Gasteiger partial charge in [0, 0.05) is 39.0 Å². The van der Waals surface area contributed by atoms with E-state index in [-0.39, 0.29) is 12.1 Å². The summed E-state index contributed by atoms with van der Waals surface area (Å²) in [5.74, 6) is 0. The van der Waals surface area contributed by atoms with Crippen molar-refractivity contribution < 1.29 is 0 Å². The van der Waals surface area contributed by atoms with E-state index in [0.29, 0.717) is 10.1 Å². The van der Waals surface area contributed by atoms with E-state index in [1.165, 1.54) is 5.56 Å². The molecule has 1 aliphatic heterocycles. The third-order valence-electron chi connectivity index (χ3n) is 6.47. The number of hydrogen-bond donors (Lipinski definition) is 1. The van der Waals surface area contributed by atoms with E-state index in [0.717, 1.165) is 39.0 Å². The minimum Gasteiger partial charge on any atom is -0.351 e. The molecule has 4 aromatic rings. The summed E-state index contributed by atoms with van der Waals surface area (Å²) in [5, 5.41) is 5.63. The Morgan fingerprint density at radius 2 is 1.71 bits per heavy atom. The summed E-state index contributed by atoms with van der Waals surface area (Å²) in [6, 6.07) is 21.8. The fraction of sp³-hybridized carbons (Fsp3) is 0.185. The molecule has 0 radical (unpaired) electrons. The Balaban J connectivity index is 1.70. The van der Waals surface area contributed by atoms with Crippen LogP contribution < -0.4 is 10.2 Å². The van der Waals surface area contributed by atoms with Crippen molar-refractivity contribution in [3.63, 3.8) is 0 Å². The van der Waals surface area contributed by atoms with E-state index in [4.69, 9.17) is 35.4 Å². The third-order valence-corrected chi connectivity index (χ3v) is 7.45. The summed E-state index contributed by atoms with van der Waals surface area (Å²) in [7, 11) is 0. The van der Waals surface area contributed by atoms with Crippen LogP contribution in [0.25, 0.3) is 5.69 Å². The molecular formula is C27H24Cl2N4S. The summed E-state index contributed by atoms with van der Waals surface area (Å²) in [6.45, 7) is 6.33. The first-order valence-electron chi connectivity index (χ1n) is 11.1. The second-order valence-electron chi connectivity index (χ2n) is 8.52. The number of aryl methyl sites for hydroxylation is 1. The molecule has 0 saturated carbocycles. The summed E-state index contributed by atoms with van der Waals surface area (Å²) in [4.78, 5) is 6.83. The summed E-state index contributed by atoms with van der Waals surface area (Å²) < 4.78 is 2.27. The zero-order valence-electron chi connectivity index (χ0n) is 19.1. The molecule has 1 fully saturated rings. The molecule has 0 unspecified atom stereocenters. The topological polar surface area (TPSA) is 33.1 Å². The van der Waals surface area contributed by atoms with Crippen molar-refractivity contribution in [1.29, 1.82) is 0 Å². The highest BCUT2D eigenvalue weighted by molar-refractivity contribution is 7.80. The van der Waals surface area contributed by atoms with Gasteiger partial charge in [-0.25, -0.2) is 0 Å². The molecule has 7 heteroatoms. The van der Waals surface area contributed by atoms with Crippen LogP contribution in [0.3, 0.4) is 0 Å². The van der Waals surface area contributed by atoms with Crippen LogP contribution in [0, 0.1) is 20.8 Å². The van der Waals surface area contributed by atoms with Crippen LogP contribution in [0.5, 0.6) is 0 Å². The molecule has 0 aliphatic carbocycles. The van der Waals surface area contributed by atoms with Gasteiger partial charge in [-0.15, -0.1) is 0 Å². The van der Waals surface area contributed by atoms with Crippen LogP contribution in [0.1, 0.15) is 40.3 Å². The SMILES string of the molecule is Cc1c(Cl)cccc1-n1c(C)cc([C@H]2[C@H](c3ccccn3)NC(=S)N2c2ccc(Cl)cc2)c1C. The first kappa shape index (κ1) is 22.9. The first-order chi connectivity index (χ1) is 16.4. The van der Waals surface area contributed by atoms with E-state index in [1.54, 1.807) is 0 Å². The van der Waals surface area contributed by atoms with Crippen LogP contribution in [-0.4, -0.2) is 14.7 Å². The van der Waals surface area contributed by atoms with Gasteiger partial charge in [0.05, 0.1) is 17.8 Å². The molecule has 5 rings (SSSR count). The molecule has 4 nitrogen and oxygen atoms in total. The average Bonchev–Trinajstić information content (AvgIpc) is 3.32. The summed E-state index contributed by atoms with van der Waals surface area (Å²) in [6.07, 6.45) is 1.82. The van der Waals surface area contributed by atoms with Crippen LogP contribution in [0.2, 0.25) is 10.0 Å². The number of pyridine rings is 1. The molecule has 1 saturated heterocycles. The molecule has 172 valence electrons. The Kier molecular flexibility index (Phi) is 6.11. The minimum atomic E-state index is -0.112. The van der Waals surface area contributed by atoms with E-state index in [1.807, 2.05) is 60.8 Å². The first-order valence-corrected chi connectivity index (χ1v) is 12.2. The largest absolute Gasteiger partial charge is 0.351 e. The highest BCUT2D eigenvalue weighted by atomic mass is 35.5. The van der Waals surface area contributed by atoms with Gasteiger partial charge in [0.2, 0.25) is 0 Å². The van der Waals surface area contributed by atoms with Gasteiger partial charge in [0.25, 0.3) is 0 Å². The lowest BCUT2D eigenvalue weighted by molar-refractivity contribution is 0.565. The second kappa shape index (κ2) is 9.06. The Morgan fingerprint density at radius 1 is 0.941 bits per heavy atom. The normalized spacial score (nSPS) is 17.8. The molecule has 2 aromatic carbocycles. The predicted octanol–water partition coefficient (Wildman–Crippen LogP) is 7.28. The number of nitrogens with one attached hydrogen (secondary N) is 1. The van der Waals surface area contributed by atoms with Crippen molar-refractivity contribution in [2.45, 2.75) is 32.9 Å². The minimum absolute atomic E-state index is 0.0944. The third kappa shape index (κ3) is 3.88. The van der Waals surface area contributed by atoms with Crippen LogP contribution in [0.15, 0.2) is 72.9 Å². The highest BCUT2D eigenvalue weighted by Gasteiger charge is 2.42. The Hall–Kier alpha value is -2.86. The molecule has 3 heterocycles. The standard InChI is InChI=1S/C27H24Cl2N4S/c1-16-15-21(18(3)32(16)24-9-6-7-22(29)17(24)2)26-25(23-8-4-5-14-30-23)31-27(34)33(26)20-12-10-19(28)11-13-20/h4-15,25-26H,1-3H3,(H,31,34)/t25-,26-/m0/s1. The monoisotopic (exact) mass is 506 g/mol. The number of benzene rings is 2. The smallest absolute Gasteiger partial charge is 0.174 e. The van der Waals surface area contributed by atoms with Crippen molar-refractivity contribution in [2.24, 2.45) is 0 Å². The average molecular weight is 507 g/mol. The van der Waals surface area contributed by atoms with Gasteiger partial charge in [-0.05, 0) is 98.7 Å². The number of thiocarbonyl (C=S) groups is 1. The zero-order valence-corrected chi connectivity index (χ0v) is 21.4. The molecule has 1 aliphatic rings. The van der Waals surface area contributed by atoms with E-state index >= 15 is 0 Å². The number of hydrogen-bond acceptors (Lipinski definition) is 2. The van der Waals surface area contributed by atoms with E-state index in [9.17, 15) is 0 Å². The maximum Gasteiger partial charge on any atom is 0.174 e. The van der Waals surface area contributed by atoms with Gasteiger partial charge in [-0.2, -0.15) is 0 Å². The fourth-order valence-corrected chi connectivity index (χ4v) is 5.49. The van der Waals surface area contributed by atoms with Crippen molar-refractivity contribution in [3.05, 3.63) is 111 Å². The lowest BCUT2D eigenvalue weighted by atomic mass is 9.96. The van der Waals surface area contributed by atoms with Crippen molar-refractivity contribution >= 4 is 46.2 Å². The molecule has 0 spiro atoms. The number of nitrogens with zero attached hydrogens (tertiary/aromatic N) is 3. The molecule has 34 heavy (non-hydrogen) atoms. The lowest BCUT2D eigenvalue weighted by Gasteiger charge is -2.28. The zero-order chi connectivity index (χ0) is 24.0. The predicted molar refractivity (Wildman–Crippen MR) is 144 cm³/mol. The fourth-order valence-electron chi connectivity index (χ4n) is 4.85. The van der Waals surface area contributed by atoms with Gasteiger partial charge in [-0.1, -0.05) is 35.3 Å². The maximum atomic E-state index is 6.47. The highest BCUT2D eigenvalue weighted by Crippen LogP contribution is 2.44. The molecule has 2 atom stereocenters. The Bertz CT molecular complexity index is 1370. The maximum absolute atomic E-state index is 6.47. The van der Waals surface area contributed by atoms with Gasteiger partial charge in [0.15, 0.2) is 5.11 Å². The van der Waals surface area contributed by atoms with Gasteiger partial charge in [-0.3, -0.25) is 4.98 Å². The molecule has 0 amide bonds. The van der Waals surface area contributed by atoms with Gasteiger partial charge >= 0.3 is 0 Å². The summed E-state index contributed by atoms with van der Waals surface area (Å²) >= 11 is 18.5. The molecular weight excluding hydrogens is 483 g/mol. The molecule has 1 N–H and O–H groups in total. The van der Waals surface area contributed by atoms with Crippen molar-refractivity contribution in [2.75, 3.05) is 4.90 Å². The van der Waals surface area contributed by atoms with Crippen molar-refractivity contribution in [3.8, 4) is 5.69 Å². The van der Waals surface area contributed by atoms with E-state index < -0.39 is 0 Å².